The fourth-order valence-electron chi connectivity index (χ4n) is 2.68. The lowest BCUT2D eigenvalue weighted by Gasteiger charge is -2.35. The van der Waals surface area contributed by atoms with Crippen LogP contribution in [0.4, 0.5) is 5.82 Å². The summed E-state index contributed by atoms with van der Waals surface area (Å²) in [6, 6.07) is 3.98. The highest BCUT2D eigenvalue weighted by atomic mass is 16.3. The zero-order valence-corrected chi connectivity index (χ0v) is 10.7. The summed E-state index contributed by atoms with van der Waals surface area (Å²) in [4.78, 5) is 4.25. The monoisotopic (exact) mass is 234 g/mol. The van der Waals surface area contributed by atoms with E-state index < -0.39 is 5.60 Å². The first-order valence-corrected chi connectivity index (χ1v) is 6.46. The Hall–Kier alpha value is -1.09. The third-order valence-corrected chi connectivity index (χ3v) is 3.58. The van der Waals surface area contributed by atoms with Gasteiger partial charge in [0.2, 0.25) is 0 Å². The predicted molar refractivity (Wildman–Crippen MR) is 70.0 cm³/mol. The molecular weight excluding hydrogens is 212 g/mol. The van der Waals surface area contributed by atoms with Crippen LogP contribution in [0.1, 0.15) is 38.2 Å². The number of aliphatic hydroxyl groups is 1. The van der Waals surface area contributed by atoms with Crippen molar-refractivity contribution in [2.45, 2.75) is 45.1 Å². The summed E-state index contributed by atoms with van der Waals surface area (Å²) in [6.45, 7) is 4.87. The van der Waals surface area contributed by atoms with Crippen LogP contribution in [0.15, 0.2) is 18.3 Å². The van der Waals surface area contributed by atoms with Crippen molar-refractivity contribution in [2.75, 3.05) is 11.9 Å². The minimum atomic E-state index is -0.552. The van der Waals surface area contributed by atoms with Gasteiger partial charge in [-0.25, -0.2) is 4.98 Å². The topological polar surface area (TPSA) is 45.2 Å². The number of aryl methyl sites for hydroxylation is 1. The first-order valence-electron chi connectivity index (χ1n) is 6.46. The van der Waals surface area contributed by atoms with E-state index in [1.807, 2.05) is 19.1 Å². The van der Waals surface area contributed by atoms with Gasteiger partial charge in [-0.05, 0) is 43.4 Å². The van der Waals surface area contributed by atoms with Crippen molar-refractivity contribution in [3.63, 3.8) is 0 Å². The lowest BCUT2D eigenvalue weighted by Crippen LogP contribution is -2.41. The summed E-state index contributed by atoms with van der Waals surface area (Å²) in [5, 5.41) is 13.7. The van der Waals surface area contributed by atoms with Crippen LogP contribution in [-0.4, -0.2) is 22.2 Å². The van der Waals surface area contributed by atoms with Gasteiger partial charge in [0.15, 0.2) is 0 Å². The third kappa shape index (κ3) is 3.43. The van der Waals surface area contributed by atoms with E-state index in [9.17, 15) is 5.11 Å². The standard InChI is InChI=1S/C14H22N2O/c1-11-5-7-15-13(8-11)16-10-14(17)6-3-4-12(2)9-14/h5,7-8,12,17H,3-4,6,9-10H2,1-2H3,(H,15,16). The number of pyridine rings is 1. The summed E-state index contributed by atoms with van der Waals surface area (Å²) in [5.41, 5.74) is 0.634. The first-order chi connectivity index (χ1) is 8.07. The van der Waals surface area contributed by atoms with Crippen molar-refractivity contribution >= 4 is 5.82 Å². The van der Waals surface area contributed by atoms with Crippen LogP contribution < -0.4 is 5.32 Å². The molecule has 0 radical (unpaired) electrons. The fourth-order valence-corrected chi connectivity index (χ4v) is 2.68. The quantitative estimate of drug-likeness (QED) is 0.845. The summed E-state index contributed by atoms with van der Waals surface area (Å²) in [6.07, 6.45) is 5.96. The summed E-state index contributed by atoms with van der Waals surface area (Å²) >= 11 is 0. The largest absolute Gasteiger partial charge is 0.388 e. The lowest BCUT2D eigenvalue weighted by atomic mass is 9.79. The average molecular weight is 234 g/mol. The maximum absolute atomic E-state index is 10.5. The maximum atomic E-state index is 10.5. The Morgan fingerprint density at radius 2 is 2.41 bits per heavy atom. The Labute approximate surface area is 103 Å². The van der Waals surface area contributed by atoms with Gasteiger partial charge in [-0.2, -0.15) is 0 Å². The Bertz CT molecular complexity index is 380. The van der Waals surface area contributed by atoms with E-state index in [0.717, 1.165) is 25.1 Å². The van der Waals surface area contributed by atoms with Gasteiger partial charge in [0.25, 0.3) is 0 Å². The molecule has 0 aromatic carbocycles. The predicted octanol–water partition coefficient (Wildman–Crippen LogP) is 2.74. The summed E-state index contributed by atoms with van der Waals surface area (Å²) < 4.78 is 0. The molecule has 1 aliphatic rings. The minimum Gasteiger partial charge on any atom is -0.388 e. The zero-order chi connectivity index (χ0) is 12.3. The summed E-state index contributed by atoms with van der Waals surface area (Å²) in [5.74, 6) is 1.48. The van der Waals surface area contributed by atoms with Crippen LogP contribution in [-0.2, 0) is 0 Å². The van der Waals surface area contributed by atoms with E-state index in [2.05, 4.69) is 17.2 Å². The van der Waals surface area contributed by atoms with Crippen LogP contribution in [0, 0.1) is 12.8 Å². The van der Waals surface area contributed by atoms with Gasteiger partial charge in [0.05, 0.1) is 5.60 Å². The molecule has 0 bridgehead atoms. The molecule has 1 heterocycles. The molecule has 0 aliphatic heterocycles. The van der Waals surface area contributed by atoms with Gasteiger partial charge < -0.3 is 10.4 Å². The molecule has 1 saturated carbocycles. The van der Waals surface area contributed by atoms with Gasteiger partial charge in [-0.15, -0.1) is 0 Å². The second kappa shape index (κ2) is 5.05. The molecule has 0 saturated heterocycles. The Morgan fingerprint density at radius 3 is 3.12 bits per heavy atom. The van der Waals surface area contributed by atoms with E-state index in [0.29, 0.717) is 12.5 Å². The van der Waals surface area contributed by atoms with Gasteiger partial charge in [-0.3, -0.25) is 0 Å². The molecule has 2 N–H and O–H groups in total. The van der Waals surface area contributed by atoms with Gasteiger partial charge in [0, 0.05) is 12.7 Å². The first kappa shape index (κ1) is 12.4. The molecule has 1 fully saturated rings. The number of rotatable bonds is 3. The number of nitrogens with one attached hydrogen (secondary N) is 1. The van der Waals surface area contributed by atoms with E-state index in [4.69, 9.17) is 0 Å². The summed E-state index contributed by atoms with van der Waals surface area (Å²) in [7, 11) is 0. The van der Waals surface area contributed by atoms with Crippen molar-refractivity contribution in [1.82, 2.24) is 4.98 Å². The minimum absolute atomic E-state index is 0.552. The van der Waals surface area contributed by atoms with E-state index in [1.165, 1.54) is 12.0 Å². The second-order valence-electron chi connectivity index (χ2n) is 5.50. The Balaban J connectivity index is 1.93. The molecular formula is C14H22N2O. The molecule has 2 atom stereocenters. The molecule has 17 heavy (non-hydrogen) atoms. The van der Waals surface area contributed by atoms with Crippen LogP contribution in [0.2, 0.25) is 0 Å². The number of anilines is 1. The fraction of sp³-hybridized carbons (Fsp3) is 0.643. The van der Waals surface area contributed by atoms with Gasteiger partial charge >= 0.3 is 0 Å². The molecule has 2 rings (SSSR count). The van der Waals surface area contributed by atoms with Crippen LogP contribution >= 0.6 is 0 Å². The molecule has 3 heteroatoms. The van der Waals surface area contributed by atoms with E-state index in [-0.39, 0.29) is 0 Å². The van der Waals surface area contributed by atoms with Crippen LogP contribution in [0.25, 0.3) is 0 Å². The molecule has 2 unspecified atom stereocenters. The number of hydrogen-bond donors (Lipinski definition) is 2. The normalized spacial score (nSPS) is 29.0. The van der Waals surface area contributed by atoms with E-state index in [1.54, 1.807) is 6.20 Å². The number of aromatic nitrogens is 1. The lowest BCUT2D eigenvalue weighted by molar-refractivity contribution is -0.000827. The molecule has 0 spiro atoms. The van der Waals surface area contributed by atoms with E-state index >= 15 is 0 Å². The highest BCUT2D eigenvalue weighted by Crippen LogP contribution is 2.32. The molecule has 94 valence electrons. The van der Waals surface area contributed by atoms with Crippen molar-refractivity contribution in [2.24, 2.45) is 5.92 Å². The van der Waals surface area contributed by atoms with Crippen molar-refractivity contribution in [3.05, 3.63) is 23.9 Å². The second-order valence-corrected chi connectivity index (χ2v) is 5.50. The highest BCUT2D eigenvalue weighted by molar-refractivity contribution is 5.37. The maximum Gasteiger partial charge on any atom is 0.126 e. The molecule has 3 nitrogen and oxygen atoms in total. The Kier molecular flexibility index (Phi) is 3.67. The van der Waals surface area contributed by atoms with Gasteiger partial charge in [-0.1, -0.05) is 19.8 Å². The van der Waals surface area contributed by atoms with Crippen LogP contribution in [0.3, 0.4) is 0 Å². The Morgan fingerprint density at radius 1 is 1.59 bits per heavy atom. The average Bonchev–Trinajstić information content (AvgIpc) is 2.26. The molecule has 1 aromatic rings. The smallest absolute Gasteiger partial charge is 0.126 e. The van der Waals surface area contributed by atoms with Crippen molar-refractivity contribution in [3.8, 4) is 0 Å². The number of nitrogens with zero attached hydrogens (tertiary/aromatic N) is 1. The van der Waals surface area contributed by atoms with Crippen LogP contribution in [0.5, 0.6) is 0 Å². The van der Waals surface area contributed by atoms with Crippen molar-refractivity contribution < 1.29 is 5.11 Å². The number of hydrogen-bond acceptors (Lipinski definition) is 3. The highest BCUT2D eigenvalue weighted by Gasteiger charge is 2.32. The third-order valence-electron chi connectivity index (χ3n) is 3.58. The van der Waals surface area contributed by atoms with Crippen molar-refractivity contribution in [1.29, 1.82) is 0 Å². The molecule has 0 amide bonds. The molecule has 1 aliphatic carbocycles. The molecule has 1 aromatic heterocycles. The SMILES string of the molecule is Cc1ccnc(NCC2(O)CCCC(C)C2)c1. The van der Waals surface area contributed by atoms with Gasteiger partial charge in [0.1, 0.15) is 5.82 Å². The zero-order valence-electron chi connectivity index (χ0n) is 10.7.